The van der Waals surface area contributed by atoms with Crippen molar-refractivity contribution in [1.29, 1.82) is 0 Å². The van der Waals surface area contributed by atoms with Crippen molar-refractivity contribution in [3.63, 3.8) is 0 Å². The Hall–Kier alpha value is -0.120. The van der Waals surface area contributed by atoms with E-state index in [4.69, 9.17) is 15.2 Å². The van der Waals surface area contributed by atoms with Crippen LogP contribution >= 0.6 is 0 Å². The molecular formula is C14H25NO2. The SMILES string of the molecule is NC1CC(OCC2CCOC2)C12CCCCC2. The van der Waals surface area contributed by atoms with Crippen LogP contribution in [0.3, 0.4) is 0 Å². The molecule has 0 aromatic carbocycles. The summed E-state index contributed by atoms with van der Waals surface area (Å²) in [5, 5.41) is 0. The summed E-state index contributed by atoms with van der Waals surface area (Å²) in [5.74, 6) is 0.632. The molecule has 3 rings (SSSR count). The fraction of sp³-hybridized carbons (Fsp3) is 1.00. The molecule has 0 amide bonds. The maximum absolute atomic E-state index is 6.26. The highest BCUT2D eigenvalue weighted by Crippen LogP contribution is 2.52. The third kappa shape index (κ3) is 2.13. The Balaban J connectivity index is 1.52. The van der Waals surface area contributed by atoms with Crippen LogP contribution in [0.1, 0.15) is 44.9 Å². The lowest BCUT2D eigenvalue weighted by atomic mass is 9.55. The van der Waals surface area contributed by atoms with Gasteiger partial charge in [-0.25, -0.2) is 0 Å². The molecule has 3 nitrogen and oxygen atoms in total. The summed E-state index contributed by atoms with van der Waals surface area (Å²) in [5.41, 5.74) is 6.60. The second-order valence-electron chi connectivity index (χ2n) is 6.19. The maximum Gasteiger partial charge on any atom is 0.0661 e. The van der Waals surface area contributed by atoms with Crippen LogP contribution in [-0.2, 0) is 9.47 Å². The first-order valence-corrected chi connectivity index (χ1v) is 7.26. The molecule has 0 aromatic rings. The Morgan fingerprint density at radius 2 is 2.06 bits per heavy atom. The first kappa shape index (κ1) is 11.9. The molecule has 0 aromatic heterocycles. The molecule has 1 heterocycles. The van der Waals surface area contributed by atoms with Crippen LogP contribution in [-0.4, -0.2) is 32.0 Å². The summed E-state index contributed by atoms with van der Waals surface area (Å²) < 4.78 is 11.6. The summed E-state index contributed by atoms with van der Waals surface area (Å²) in [7, 11) is 0. The van der Waals surface area contributed by atoms with E-state index in [0.29, 0.717) is 23.5 Å². The van der Waals surface area contributed by atoms with Gasteiger partial charge in [-0.15, -0.1) is 0 Å². The summed E-state index contributed by atoms with van der Waals surface area (Å²) in [6.45, 7) is 2.70. The van der Waals surface area contributed by atoms with Gasteiger partial charge in [-0.1, -0.05) is 19.3 Å². The van der Waals surface area contributed by atoms with Gasteiger partial charge < -0.3 is 15.2 Å². The van der Waals surface area contributed by atoms with Crippen LogP contribution in [0.4, 0.5) is 0 Å². The highest BCUT2D eigenvalue weighted by atomic mass is 16.5. The highest BCUT2D eigenvalue weighted by molar-refractivity contribution is 5.07. The molecule has 1 aliphatic heterocycles. The van der Waals surface area contributed by atoms with Crippen molar-refractivity contribution >= 4 is 0 Å². The first-order chi connectivity index (χ1) is 8.31. The van der Waals surface area contributed by atoms with Crippen LogP contribution in [0, 0.1) is 11.3 Å². The van der Waals surface area contributed by atoms with Crippen LogP contribution < -0.4 is 5.73 Å². The van der Waals surface area contributed by atoms with Crippen molar-refractivity contribution in [2.75, 3.05) is 19.8 Å². The fourth-order valence-corrected chi connectivity index (χ4v) is 3.88. The molecule has 3 atom stereocenters. The molecule has 0 bridgehead atoms. The van der Waals surface area contributed by atoms with Crippen LogP contribution in [0.15, 0.2) is 0 Å². The minimum Gasteiger partial charge on any atom is -0.381 e. The van der Waals surface area contributed by atoms with Gasteiger partial charge in [0.1, 0.15) is 0 Å². The molecule has 2 saturated carbocycles. The largest absolute Gasteiger partial charge is 0.381 e. The number of rotatable bonds is 3. The lowest BCUT2D eigenvalue weighted by molar-refractivity contribution is -0.149. The standard InChI is InChI=1S/C14H25NO2/c15-12-8-13(14(12)5-2-1-3-6-14)17-10-11-4-7-16-9-11/h11-13H,1-10,15H2. The van der Waals surface area contributed by atoms with Crippen LogP contribution in [0.25, 0.3) is 0 Å². The van der Waals surface area contributed by atoms with Crippen LogP contribution in [0.2, 0.25) is 0 Å². The van der Waals surface area contributed by atoms with Crippen molar-refractivity contribution in [3.05, 3.63) is 0 Å². The summed E-state index contributed by atoms with van der Waals surface area (Å²) in [4.78, 5) is 0. The molecule has 3 heteroatoms. The molecule has 2 N–H and O–H groups in total. The Kier molecular flexibility index (Phi) is 3.42. The van der Waals surface area contributed by atoms with E-state index < -0.39 is 0 Å². The van der Waals surface area contributed by atoms with Gasteiger partial charge >= 0.3 is 0 Å². The predicted octanol–water partition coefficient (Wildman–Crippen LogP) is 2.09. The Labute approximate surface area is 104 Å². The minimum atomic E-state index is 0.345. The zero-order chi connectivity index (χ0) is 11.7. The monoisotopic (exact) mass is 239 g/mol. The number of nitrogens with two attached hydrogens (primary N) is 1. The van der Waals surface area contributed by atoms with Crippen LogP contribution in [0.5, 0.6) is 0 Å². The second-order valence-corrected chi connectivity index (χ2v) is 6.19. The third-order valence-corrected chi connectivity index (χ3v) is 5.19. The van der Waals surface area contributed by atoms with Gasteiger partial charge in [0, 0.05) is 24.0 Å². The van der Waals surface area contributed by atoms with E-state index >= 15 is 0 Å². The average molecular weight is 239 g/mol. The van der Waals surface area contributed by atoms with E-state index in [1.165, 1.54) is 38.5 Å². The van der Waals surface area contributed by atoms with Crippen molar-refractivity contribution in [2.24, 2.45) is 17.1 Å². The van der Waals surface area contributed by atoms with Gasteiger partial charge in [0.15, 0.2) is 0 Å². The smallest absolute Gasteiger partial charge is 0.0661 e. The summed E-state index contributed by atoms with van der Waals surface area (Å²) in [6, 6.07) is 0.396. The summed E-state index contributed by atoms with van der Waals surface area (Å²) in [6.07, 6.45) is 9.36. The van der Waals surface area contributed by atoms with Crippen molar-refractivity contribution in [2.45, 2.75) is 57.1 Å². The van der Waals surface area contributed by atoms with Crippen molar-refractivity contribution in [3.8, 4) is 0 Å². The number of hydrogen-bond acceptors (Lipinski definition) is 3. The van der Waals surface area contributed by atoms with E-state index in [1.54, 1.807) is 0 Å². The number of ether oxygens (including phenoxy) is 2. The molecule has 98 valence electrons. The lowest BCUT2D eigenvalue weighted by Gasteiger charge is -2.56. The van der Waals surface area contributed by atoms with E-state index in [1.807, 2.05) is 0 Å². The van der Waals surface area contributed by atoms with E-state index in [0.717, 1.165) is 26.2 Å². The van der Waals surface area contributed by atoms with Gasteiger partial charge in [0.05, 0.1) is 19.3 Å². The quantitative estimate of drug-likeness (QED) is 0.820. The molecular weight excluding hydrogens is 214 g/mol. The first-order valence-electron chi connectivity index (χ1n) is 7.26. The fourth-order valence-electron chi connectivity index (χ4n) is 3.88. The van der Waals surface area contributed by atoms with Crippen molar-refractivity contribution < 1.29 is 9.47 Å². The topological polar surface area (TPSA) is 44.5 Å². The summed E-state index contributed by atoms with van der Waals surface area (Å²) >= 11 is 0. The van der Waals surface area contributed by atoms with Gasteiger partial charge in [0.2, 0.25) is 0 Å². The van der Waals surface area contributed by atoms with E-state index in [2.05, 4.69) is 0 Å². The maximum atomic E-state index is 6.26. The molecule has 3 fully saturated rings. The van der Waals surface area contributed by atoms with E-state index in [-0.39, 0.29) is 0 Å². The van der Waals surface area contributed by atoms with Crippen molar-refractivity contribution in [1.82, 2.24) is 0 Å². The minimum absolute atomic E-state index is 0.345. The molecule has 1 spiro atoms. The second kappa shape index (κ2) is 4.87. The molecule has 17 heavy (non-hydrogen) atoms. The highest BCUT2D eigenvalue weighted by Gasteiger charge is 2.54. The van der Waals surface area contributed by atoms with Gasteiger partial charge in [-0.05, 0) is 25.7 Å². The Bertz CT molecular complexity index is 257. The zero-order valence-corrected chi connectivity index (χ0v) is 10.7. The van der Waals surface area contributed by atoms with Gasteiger partial charge in [0.25, 0.3) is 0 Å². The van der Waals surface area contributed by atoms with Gasteiger partial charge in [-0.2, -0.15) is 0 Å². The lowest BCUT2D eigenvalue weighted by Crippen LogP contribution is -2.63. The zero-order valence-electron chi connectivity index (χ0n) is 10.7. The molecule has 3 unspecified atom stereocenters. The number of hydrogen-bond donors (Lipinski definition) is 1. The average Bonchev–Trinajstić information content (AvgIpc) is 2.88. The Morgan fingerprint density at radius 1 is 1.24 bits per heavy atom. The molecule has 0 radical (unpaired) electrons. The molecule has 3 aliphatic rings. The molecule has 2 aliphatic carbocycles. The third-order valence-electron chi connectivity index (χ3n) is 5.19. The van der Waals surface area contributed by atoms with E-state index in [9.17, 15) is 0 Å². The van der Waals surface area contributed by atoms with Gasteiger partial charge in [-0.3, -0.25) is 0 Å². The normalized spacial score (nSPS) is 40.4. The molecule has 1 saturated heterocycles. The Morgan fingerprint density at radius 3 is 2.71 bits per heavy atom. The predicted molar refractivity (Wildman–Crippen MR) is 66.8 cm³/mol.